The van der Waals surface area contributed by atoms with Crippen molar-refractivity contribution in [2.24, 2.45) is 0 Å². The molecule has 0 N–H and O–H groups in total. The fourth-order valence-electron chi connectivity index (χ4n) is 2.26. The third-order valence-corrected chi connectivity index (χ3v) is 4.35. The molecule has 1 aromatic carbocycles. The van der Waals surface area contributed by atoms with Gasteiger partial charge in [0.25, 0.3) is 5.56 Å². The lowest BCUT2D eigenvalue weighted by Gasteiger charge is -2.05. The number of ether oxygens (including phenoxy) is 1. The van der Waals surface area contributed by atoms with Crippen molar-refractivity contribution >= 4 is 21.6 Å². The van der Waals surface area contributed by atoms with Crippen LogP contribution in [0.4, 0.5) is 0 Å². The van der Waals surface area contributed by atoms with Crippen molar-refractivity contribution in [2.45, 2.75) is 13.5 Å². The monoisotopic (exact) mass is 300 g/mol. The van der Waals surface area contributed by atoms with E-state index in [0.29, 0.717) is 18.5 Å². The quantitative estimate of drug-likeness (QED) is 0.744. The maximum Gasteiger partial charge on any atom is 0.262 e. The number of rotatable bonds is 4. The normalized spacial score (nSPS) is 11.1. The maximum atomic E-state index is 12.6. The highest BCUT2D eigenvalue weighted by molar-refractivity contribution is 7.17. The lowest BCUT2D eigenvalue weighted by molar-refractivity contribution is 0.186. The molecule has 0 saturated carbocycles. The van der Waals surface area contributed by atoms with E-state index in [1.54, 1.807) is 18.0 Å². The van der Waals surface area contributed by atoms with Gasteiger partial charge < -0.3 is 4.74 Å². The average molecular weight is 300 g/mol. The minimum absolute atomic E-state index is 0.00567. The Morgan fingerprint density at radius 3 is 2.76 bits per heavy atom. The molecule has 2 aromatic heterocycles. The Hall–Kier alpha value is -1.98. The largest absolute Gasteiger partial charge is 0.383 e. The first kappa shape index (κ1) is 14.0. The molecule has 0 aliphatic rings. The lowest BCUT2D eigenvalue weighted by atomic mass is 10.1. The van der Waals surface area contributed by atoms with E-state index < -0.39 is 0 Å². The van der Waals surface area contributed by atoms with E-state index in [1.165, 1.54) is 16.9 Å². The van der Waals surface area contributed by atoms with Gasteiger partial charge in [-0.2, -0.15) is 0 Å². The van der Waals surface area contributed by atoms with E-state index in [4.69, 9.17) is 4.74 Å². The van der Waals surface area contributed by atoms with Crippen LogP contribution in [0.25, 0.3) is 21.3 Å². The van der Waals surface area contributed by atoms with Crippen LogP contribution in [0.2, 0.25) is 0 Å². The standard InChI is InChI=1S/C16H16N2O2S/c1-11-3-5-12(6-4-11)13-9-21-15-14(13)16(19)18(10-17-15)7-8-20-2/h3-6,9-10H,7-8H2,1-2H3. The molecule has 0 bridgehead atoms. The summed E-state index contributed by atoms with van der Waals surface area (Å²) >= 11 is 1.50. The first-order valence-corrected chi connectivity index (χ1v) is 7.61. The zero-order valence-corrected chi connectivity index (χ0v) is 12.8. The molecule has 0 fully saturated rings. The van der Waals surface area contributed by atoms with E-state index in [9.17, 15) is 4.79 Å². The Bertz CT molecular complexity index is 818. The molecular formula is C16H16N2O2S. The molecule has 0 atom stereocenters. The highest BCUT2D eigenvalue weighted by Crippen LogP contribution is 2.30. The van der Waals surface area contributed by atoms with Crippen molar-refractivity contribution < 1.29 is 4.74 Å². The smallest absolute Gasteiger partial charge is 0.262 e. The molecule has 3 rings (SSSR count). The van der Waals surface area contributed by atoms with Gasteiger partial charge in [-0.1, -0.05) is 29.8 Å². The number of fused-ring (bicyclic) bond motifs is 1. The second kappa shape index (κ2) is 5.79. The van der Waals surface area contributed by atoms with Crippen LogP contribution >= 0.6 is 11.3 Å². The SMILES string of the molecule is COCCn1cnc2scc(-c3ccc(C)cc3)c2c1=O. The third kappa shape index (κ3) is 2.62. The summed E-state index contributed by atoms with van der Waals surface area (Å²) in [5, 5.41) is 2.70. The number of thiophene rings is 1. The van der Waals surface area contributed by atoms with Gasteiger partial charge in [0.1, 0.15) is 4.83 Å². The van der Waals surface area contributed by atoms with Crippen LogP contribution in [0.3, 0.4) is 0 Å². The topological polar surface area (TPSA) is 44.1 Å². The van der Waals surface area contributed by atoms with Crippen molar-refractivity contribution in [3.63, 3.8) is 0 Å². The van der Waals surface area contributed by atoms with Crippen LogP contribution in [-0.4, -0.2) is 23.3 Å². The summed E-state index contributed by atoms with van der Waals surface area (Å²) in [5.41, 5.74) is 3.21. The lowest BCUT2D eigenvalue weighted by Crippen LogP contribution is -2.22. The molecule has 0 aliphatic carbocycles. The highest BCUT2D eigenvalue weighted by atomic mass is 32.1. The molecule has 3 aromatic rings. The Morgan fingerprint density at radius 1 is 1.29 bits per heavy atom. The van der Waals surface area contributed by atoms with Crippen LogP contribution in [0, 0.1) is 6.92 Å². The van der Waals surface area contributed by atoms with E-state index in [1.807, 2.05) is 17.5 Å². The molecule has 0 radical (unpaired) electrons. The number of hydrogen-bond acceptors (Lipinski definition) is 4. The van der Waals surface area contributed by atoms with E-state index in [-0.39, 0.29) is 5.56 Å². The molecule has 2 heterocycles. The van der Waals surface area contributed by atoms with Gasteiger partial charge in [-0.25, -0.2) is 4.98 Å². The van der Waals surface area contributed by atoms with Gasteiger partial charge in [0, 0.05) is 18.1 Å². The van der Waals surface area contributed by atoms with Crippen molar-refractivity contribution in [3.8, 4) is 11.1 Å². The summed E-state index contributed by atoms with van der Waals surface area (Å²) in [6, 6.07) is 8.20. The predicted molar refractivity (Wildman–Crippen MR) is 85.9 cm³/mol. The second-order valence-corrected chi connectivity index (χ2v) is 5.79. The van der Waals surface area contributed by atoms with Crippen LogP contribution in [0.5, 0.6) is 0 Å². The maximum absolute atomic E-state index is 12.6. The Morgan fingerprint density at radius 2 is 2.05 bits per heavy atom. The molecule has 0 amide bonds. The summed E-state index contributed by atoms with van der Waals surface area (Å²) in [6.45, 7) is 3.06. The van der Waals surface area contributed by atoms with Gasteiger partial charge in [0.2, 0.25) is 0 Å². The number of aryl methyl sites for hydroxylation is 1. The van der Waals surface area contributed by atoms with Gasteiger partial charge in [0.05, 0.1) is 24.9 Å². The highest BCUT2D eigenvalue weighted by Gasteiger charge is 2.12. The van der Waals surface area contributed by atoms with Crippen LogP contribution in [-0.2, 0) is 11.3 Å². The third-order valence-electron chi connectivity index (χ3n) is 3.46. The molecule has 4 nitrogen and oxygen atoms in total. The van der Waals surface area contributed by atoms with Crippen LogP contribution < -0.4 is 5.56 Å². The summed E-state index contributed by atoms with van der Waals surface area (Å²) < 4.78 is 6.64. The fourth-order valence-corrected chi connectivity index (χ4v) is 3.17. The number of methoxy groups -OCH3 is 1. The van der Waals surface area contributed by atoms with E-state index in [2.05, 4.69) is 24.0 Å². The summed E-state index contributed by atoms with van der Waals surface area (Å²) in [7, 11) is 1.62. The zero-order valence-electron chi connectivity index (χ0n) is 12.0. The first-order valence-electron chi connectivity index (χ1n) is 6.73. The minimum atomic E-state index is -0.00567. The van der Waals surface area contributed by atoms with Gasteiger partial charge in [-0.05, 0) is 12.5 Å². The number of nitrogens with zero attached hydrogens (tertiary/aromatic N) is 2. The summed E-state index contributed by atoms with van der Waals surface area (Å²) in [5.74, 6) is 0. The van der Waals surface area contributed by atoms with Crippen LogP contribution in [0.1, 0.15) is 5.56 Å². The van der Waals surface area contributed by atoms with Gasteiger partial charge >= 0.3 is 0 Å². The van der Waals surface area contributed by atoms with Crippen molar-refractivity contribution in [1.82, 2.24) is 9.55 Å². The van der Waals surface area contributed by atoms with Crippen molar-refractivity contribution in [3.05, 3.63) is 51.9 Å². The molecule has 108 valence electrons. The average Bonchev–Trinajstić information content (AvgIpc) is 2.92. The summed E-state index contributed by atoms with van der Waals surface area (Å²) in [4.78, 5) is 17.8. The molecule has 21 heavy (non-hydrogen) atoms. The molecule has 0 spiro atoms. The molecule has 0 aliphatic heterocycles. The van der Waals surface area contributed by atoms with E-state index in [0.717, 1.165) is 16.0 Å². The Balaban J connectivity index is 2.15. The number of benzene rings is 1. The molecule has 5 heteroatoms. The van der Waals surface area contributed by atoms with Crippen molar-refractivity contribution in [1.29, 1.82) is 0 Å². The van der Waals surface area contributed by atoms with Crippen molar-refractivity contribution in [2.75, 3.05) is 13.7 Å². The minimum Gasteiger partial charge on any atom is -0.383 e. The molecule has 0 unspecified atom stereocenters. The Kier molecular flexibility index (Phi) is 3.86. The molecule has 0 saturated heterocycles. The summed E-state index contributed by atoms with van der Waals surface area (Å²) in [6.07, 6.45) is 1.60. The predicted octanol–water partition coefficient (Wildman–Crippen LogP) is 3.08. The fraction of sp³-hybridized carbons (Fsp3) is 0.250. The van der Waals surface area contributed by atoms with Gasteiger partial charge in [-0.15, -0.1) is 11.3 Å². The van der Waals surface area contributed by atoms with E-state index >= 15 is 0 Å². The molecular weight excluding hydrogens is 284 g/mol. The second-order valence-electron chi connectivity index (χ2n) is 4.93. The Labute approximate surface area is 126 Å². The van der Waals surface area contributed by atoms with Crippen LogP contribution in [0.15, 0.2) is 40.8 Å². The zero-order chi connectivity index (χ0) is 14.8. The van der Waals surface area contributed by atoms with Gasteiger partial charge in [0.15, 0.2) is 0 Å². The number of aromatic nitrogens is 2. The number of hydrogen-bond donors (Lipinski definition) is 0. The first-order chi connectivity index (χ1) is 10.2. The van der Waals surface area contributed by atoms with Gasteiger partial charge in [-0.3, -0.25) is 9.36 Å².